The number of rotatable bonds is 3. The van der Waals surface area contributed by atoms with Crippen LogP contribution in [0, 0.1) is 6.92 Å². The summed E-state index contributed by atoms with van der Waals surface area (Å²) < 4.78 is 10.1. The number of hydrogen-bond donors (Lipinski definition) is 0. The topological polar surface area (TPSA) is 35.5 Å². The van der Waals surface area contributed by atoms with Crippen LogP contribution in [0.3, 0.4) is 0 Å². The van der Waals surface area contributed by atoms with Crippen LogP contribution in [0.2, 0.25) is 0 Å². The maximum Gasteiger partial charge on any atom is 0.175 e. The molecule has 0 unspecified atom stereocenters. The number of carbonyl (C=O) groups is 1. The summed E-state index contributed by atoms with van der Waals surface area (Å²) in [5.74, 6) is 0.878. The Kier molecular flexibility index (Phi) is 3.17. The first kappa shape index (κ1) is 10.6. The van der Waals surface area contributed by atoms with Gasteiger partial charge in [0.2, 0.25) is 0 Å². The molecule has 0 aliphatic carbocycles. The lowest BCUT2D eigenvalue weighted by Gasteiger charge is -2.12. The van der Waals surface area contributed by atoms with E-state index in [-0.39, 0.29) is 5.56 Å². The van der Waals surface area contributed by atoms with Crippen LogP contribution in [-0.2, 0) is 0 Å². The van der Waals surface area contributed by atoms with Gasteiger partial charge in [-0.05, 0) is 24.6 Å². The fraction of sp³-hybridized carbons (Fsp3) is 0.300. The van der Waals surface area contributed by atoms with E-state index >= 15 is 0 Å². The van der Waals surface area contributed by atoms with E-state index in [0.717, 1.165) is 5.56 Å². The fourth-order valence-electron chi connectivity index (χ4n) is 1.29. The molecule has 0 heterocycles. The lowest BCUT2D eigenvalue weighted by atomic mass is 9.92. The van der Waals surface area contributed by atoms with Gasteiger partial charge in [0.1, 0.15) is 17.2 Å². The van der Waals surface area contributed by atoms with E-state index in [1.807, 2.05) is 6.92 Å². The highest BCUT2D eigenvalue weighted by Gasteiger charge is 2.14. The van der Waals surface area contributed by atoms with E-state index in [9.17, 15) is 4.79 Å². The Labute approximate surface area is 84.4 Å². The van der Waals surface area contributed by atoms with Crippen LogP contribution >= 0.6 is 0 Å². The van der Waals surface area contributed by atoms with Crippen LogP contribution in [0.15, 0.2) is 12.1 Å². The maximum absolute atomic E-state index is 11.1. The summed E-state index contributed by atoms with van der Waals surface area (Å²) in [4.78, 5) is 11.1. The maximum atomic E-state index is 11.1. The van der Waals surface area contributed by atoms with Gasteiger partial charge in [0.05, 0.1) is 19.8 Å². The molecule has 0 aliphatic rings. The van der Waals surface area contributed by atoms with Gasteiger partial charge in [-0.1, -0.05) is 0 Å². The van der Waals surface area contributed by atoms with Gasteiger partial charge in [-0.2, -0.15) is 0 Å². The van der Waals surface area contributed by atoms with Gasteiger partial charge in [0.15, 0.2) is 7.85 Å². The molecule has 0 amide bonds. The van der Waals surface area contributed by atoms with Crippen molar-refractivity contribution in [2.45, 2.75) is 6.92 Å². The minimum Gasteiger partial charge on any atom is -0.496 e. The third kappa shape index (κ3) is 1.89. The minimum absolute atomic E-state index is 0.278. The molecule has 1 aromatic rings. The van der Waals surface area contributed by atoms with E-state index in [2.05, 4.69) is 0 Å². The Bertz CT molecular complexity index is 335. The first-order valence-electron chi connectivity index (χ1n) is 4.12. The van der Waals surface area contributed by atoms with Crippen molar-refractivity contribution in [2.24, 2.45) is 0 Å². The van der Waals surface area contributed by atoms with Crippen LogP contribution in [-0.4, -0.2) is 27.7 Å². The highest BCUT2D eigenvalue weighted by molar-refractivity contribution is 6.63. The number of carbonyl (C=O) groups excluding carboxylic acids is 1. The molecular weight excluding hydrogens is 179 g/mol. The molecule has 1 rings (SSSR count). The van der Waals surface area contributed by atoms with Crippen molar-refractivity contribution >= 4 is 13.5 Å². The van der Waals surface area contributed by atoms with Crippen molar-refractivity contribution in [3.63, 3.8) is 0 Å². The normalized spacial score (nSPS) is 9.64. The third-order valence-electron chi connectivity index (χ3n) is 1.90. The Balaban J connectivity index is 3.40. The number of hydrogen-bond acceptors (Lipinski definition) is 3. The lowest BCUT2D eigenvalue weighted by Crippen LogP contribution is -2.04. The van der Waals surface area contributed by atoms with Crippen LogP contribution in [0.25, 0.3) is 0 Å². The molecule has 0 aliphatic heterocycles. The minimum atomic E-state index is -0.557. The number of benzene rings is 1. The molecule has 0 fully saturated rings. The zero-order valence-corrected chi connectivity index (χ0v) is 8.46. The second-order valence-electron chi connectivity index (χ2n) is 2.91. The van der Waals surface area contributed by atoms with E-state index < -0.39 is 5.68 Å². The molecule has 72 valence electrons. The van der Waals surface area contributed by atoms with Gasteiger partial charge in [0, 0.05) is 0 Å². The molecule has 0 spiro atoms. The van der Waals surface area contributed by atoms with Crippen LogP contribution in [0.4, 0.5) is 0 Å². The Hall–Kier alpha value is -1.45. The molecule has 0 aromatic heterocycles. The average Bonchev–Trinajstić information content (AvgIpc) is 2.15. The molecular formula is C10H11BO3. The standard InChI is InChI=1S/C10H11BO3/c1-6-4-7(13-2)9(10(11)12)8(5-6)14-3/h4-5H,1-3H3. The summed E-state index contributed by atoms with van der Waals surface area (Å²) in [5.41, 5.74) is 0.669. The summed E-state index contributed by atoms with van der Waals surface area (Å²) in [6.07, 6.45) is 0. The van der Waals surface area contributed by atoms with Crippen molar-refractivity contribution in [3.05, 3.63) is 23.3 Å². The SMILES string of the molecule is [B]C(=O)c1c(OC)cc(C)cc1OC. The van der Waals surface area contributed by atoms with Gasteiger partial charge < -0.3 is 14.3 Å². The summed E-state index contributed by atoms with van der Waals surface area (Å²) in [5, 5.41) is 0. The van der Waals surface area contributed by atoms with E-state index in [1.54, 1.807) is 12.1 Å². The molecule has 0 saturated heterocycles. The molecule has 0 atom stereocenters. The first-order chi connectivity index (χ1) is 6.60. The Morgan fingerprint density at radius 3 is 1.93 bits per heavy atom. The first-order valence-corrected chi connectivity index (χ1v) is 4.12. The molecule has 14 heavy (non-hydrogen) atoms. The molecule has 0 bridgehead atoms. The van der Waals surface area contributed by atoms with Crippen LogP contribution in [0.5, 0.6) is 11.5 Å². The fourth-order valence-corrected chi connectivity index (χ4v) is 1.29. The quantitative estimate of drug-likeness (QED) is 0.674. The zero-order valence-electron chi connectivity index (χ0n) is 8.46. The second-order valence-corrected chi connectivity index (χ2v) is 2.91. The predicted molar refractivity (Wildman–Crippen MR) is 54.4 cm³/mol. The molecule has 0 N–H and O–H groups in total. The number of aryl methyl sites for hydroxylation is 1. The highest BCUT2D eigenvalue weighted by Crippen LogP contribution is 2.29. The molecule has 4 heteroatoms. The van der Waals surface area contributed by atoms with Gasteiger partial charge in [-0.3, -0.25) is 0 Å². The summed E-state index contributed by atoms with van der Waals surface area (Å²) >= 11 is 0. The monoisotopic (exact) mass is 190 g/mol. The van der Waals surface area contributed by atoms with Gasteiger partial charge in [-0.25, -0.2) is 0 Å². The van der Waals surface area contributed by atoms with Crippen molar-refractivity contribution in [3.8, 4) is 11.5 Å². The smallest absolute Gasteiger partial charge is 0.175 e. The second kappa shape index (κ2) is 4.18. The van der Waals surface area contributed by atoms with E-state index in [0.29, 0.717) is 11.5 Å². The number of ether oxygens (including phenoxy) is 2. The van der Waals surface area contributed by atoms with Crippen molar-refractivity contribution in [1.29, 1.82) is 0 Å². The lowest BCUT2D eigenvalue weighted by molar-refractivity contribution is 0.107. The van der Waals surface area contributed by atoms with Crippen molar-refractivity contribution in [1.82, 2.24) is 0 Å². The summed E-state index contributed by atoms with van der Waals surface area (Å²) in [6.45, 7) is 1.88. The molecule has 1 aromatic carbocycles. The predicted octanol–water partition coefficient (Wildman–Crippen LogP) is 1.32. The molecule has 3 nitrogen and oxygen atoms in total. The summed E-state index contributed by atoms with van der Waals surface area (Å²) in [6, 6.07) is 3.48. The van der Waals surface area contributed by atoms with Gasteiger partial charge >= 0.3 is 0 Å². The third-order valence-corrected chi connectivity index (χ3v) is 1.90. The number of methoxy groups -OCH3 is 2. The van der Waals surface area contributed by atoms with Gasteiger partial charge in [0.25, 0.3) is 0 Å². The highest BCUT2D eigenvalue weighted by atomic mass is 16.5. The van der Waals surface area contributed by atoms with Crippen molar-refractivity contribution in [2.75, 3.05) is 14.2 Å². The molecule has 2 radical (unpaired) electrons. The molecule has 0 saturated carbocycles. The summed E-state index contributed by atoms with van der Waals surface area (Å²) in [7, 11) is 8.19. The van der Waals surface area contributed by atoms with Crippen molar-refractivity contribution < 1.29 is 14.3 Å². The Morgan fingerprint density at radius 1 is 1.21 bits per heavy atom. The van der Waals surface area contributed by atoms with E-state index in [4.69, 9.17) is 17.3 Å². The Morgan fingerprint density at radius 2 is 1.64 bits per heavy atom. The average molecular weight is 190 g/mol. The van der Waals surface area contributed by atoms with E-state index in [1.165, 1.54) is 14.2 Å². The van der Waals surface area contributed by atoms with Crippen LogP contribution in [0.1, 0.15) is 15.9 Å². The van der Waals surface area contributed by atoms with Crippen LogP contribution < -0.4 is 9.47 Å². The van der Waals surface area contributed by atoms with Gasteiger partial charge in [-0.15, -0.1) is 0 Å². The zero-order chi connectivity index (χ0) is 10.7. The largest absolute Gasteiger partial charge is 0.496 e.